The molecule has 3 rings (SSSR count). The van der Waals surface area contributed by atoms with E-state index in [1.54, 1.807) is 6.08 Å². The highest BCUT2D eigenvalue weighted by Crippen LogP contribution is 2.34. The summed E-state index contributed by atoms with van der Waals surface area (Å²) in [6.45, 7) is 8.43. The van der Waals surface area contributed by atoms with Crippen LogP contribution in [0.5, 0.6) is 0 Å². The van der Waals surface area contributed by atoms with Gasteiger partial charge in [0.1, 0.15) is 0 Å². The Labute approximate surface area is 182 Å². The first kappa shape index (κ1) is 23.4. The van der Waals surface area contributed by atoms with Gasteiger partial charge < -0.3 is 10.3 Å². The molecular formula is C28H36N2. The number of aromatic amines is 1. The lowest BCUT2D eigenvalue weighted by Gasteiger charge is -2.28. The summed E-state index contributed by atoms with van der Waals surface area (Å²) < 4.78 is 0. The normalized spacial score (nSPS) is 12.8. The van der Waals surface area contributed by atoms with Crippen LogP contribution in [0.15, 0.2) is 66.9 Å². The fourth-order valence-electron chi connectivity index (χ4n) is 4.05. The number of rotatable bonds is 9. The number of terminal acetylenes is 1. The van der Waals surface area contributed by atoms with Crippen molar-refractivity contribution < 1.29 is 0 Å². The molecule has 0 aliphatic rings. The molecule has 0 aliphatic heterocycles. The maximum Gasteiger partial charge on any atom is 0.0456 e. The third-order valence-corrected chi connectivity index (χ3v) is 5.42. The van der Waals surface area contributed by atoms with Gasteiger partial charge >= 0.3 is 0 Å². The zero-order valence-electron chi connectivity index (χ0n) is 18.9. The lowest BCUT2D eigenvalue weighted by Crippen LogP contribution is -2.27. The molecule has 0 bridgehead atoms. The van der Waals surface area contributed by atoms with Crippen LogP contribution in [0.1, 0.15) is 63.5 Å². The van der Waals surface area contributed by atoms with Crippen LogP contribution in [0, 0.1) is 19.3 Å². The van der Waals surface area contributed by atoms with Crippen LogP contribution in [0.25, 0.3) is 10.9 Å². The van der Waals surface area contributed by atoms with Gasteiger partial charge in [0.25, 0.3) is 0 Å². The van der Waals surface area contributed by atoms with Gasteiger partial charge in [-0.1, -0.05) is 63.1 Å². The summed E-state index contributed by atoms with van der Waals surface area (Å²) in [6, 6.07) is 17.6. The van der Waals surface area contributed by atoms with Gasteiger partial charge in [-0.2, -0.15) is 0 Å². The number of unbranched alkanes of at least 4 members (excludes halogenated alkanes) is 1. The van der Waals surface area contributed by atoms with Gasteiger partial charge in [-0.25, -0.2) is 0 Å². The molecule has 3 aromatic rings. The molecule has 2 N–H and O–H groups in total. The molecule has 0 saturated heterocycles. The second-order valence-corrected chi connectivity index (χ2v) is 7.42. The molecule has 0 fully saturated rings. The van der Waals surface area contributed by atoms with E-state index in [1.165, 1.54) is 27.7 Å². The van der Waals surface area contributed by atoms with Crippen molar-refractivity contribution in [2.75, 3.05) is 5.32 Å². The molecular weight excluding hydrogens is 364 g/mol. The SMILES string of the molecule is C#C/C=C\CCCC(Nc1cccc(C)c1)C(CC)c1c[nH]c2ccccc12.CC. The van der Waals surface area contributed by atoms with Gasteiger partial charge in [0.2, 0.25) is 0 Å². The molecule has 1 aromatic heterocycles. The van der Waals surface area contributed by atoms with Crippen molar-refractivity contribution in [1.29, 1.82) is 0 Å². The molecule has 0 spiro atoms. The standard InChI is InChI=1S/C26H30N2.C2H6/c1-4-6-7-8-9-17-26(28-21-14-12-13-20(3)18-21)22(5-2)24-19-27-25-16-11-10-15-23(24)25;1-2/h1,6-7,10-16,18-19,22,26-28H,5,8-9,17H2,2-3H3;1-2H3/b7-6-;. The van der Waals surface area contributed by atoms with Gasteiger partial charge in [0.15, 0.2) is 0 Å². The Bertz CT molecular complexity index is 958. The van der Waals surface area contributed by atoms with Gasteiger partial charge in [0.05, 0.1) is 0 Å². The first-order valence-electron chi connectivity index (χ1n) is 11.2. The monoisotopic (exact) mass is 400 g/mol. The number of fused-ring (bicyclic) bond motifs is 1. The summed E-state index contributed by atoms with van der Waals surface area (Å²) in [4.78, 5) is 3.45. The molecule has 30 heavy (non-hydrogen) atoms. The quantitative estimate of drug-likeness (QED) is 0.278. The second kappa shape index (κ2) is 12.6. The molecule has 2 heteroatoms. The lowest BCUT2D eigenvalue weighted by molar-refractivity contribution is 0.506. The number of aryl methyl sites for hydroxylation is 1. The minimum absolute atomic E-state index is 0.366. The summed E-state index contributed by atoms with van der Waals surface area (Å²) >= 11 is 0. The predicted molar refractivity (Wildman–Crippen MR) is 133 cm³/mol. The molecule has 2 atom stereocenters. The number of H-pyrrole nitrogens is 1. The minimum Gasteiger partial charge on any atom is -0.382 e. The van der Waals surface area contributed by atoms with Crippen LogP contribution in [0.3, 0.4) is 0 Å². The van der Waals surface area contributed by atoms with Crippen LogP contribution in [0.4, 0.5) is 5.69 Å². The van der Waals surface area contributed by atoms with Crippen LogP contribution >= 0.6 is 0 Å². The highest BCUT2D eigenvalue weighted by Gasteiger charge is 2.24. The number of nitrogens with one attached hydrogen (secondary N) is 2. The number of anilines is 1. The first-order valence-corrected chi connectivity index (χ1v) is 11.2. The summed E-state index contributed by atoms with van der Waals surface area (Å²) in [7, 11) is 0. The number of benzene rings is 2. The first-order chi connectivity index (χ1) is 14.7. The fourth-order valence-corrected chi connectivity index (χ4v) is 4.05. The molecule has 0 amide bonds. The van der Waals surface area contributed by atoms with Crippen molar-refractivity contribution in [2.24, 2.45) is 0 Å². The van der Waals surface area contributed by atoms with Gasteiger partial charge in [-0.3, -0.25) is 0 Å². The molecule has 2 nitrogen and oxygen atoms in total. The van der Waals surface area contributed by atoms with Crippen molar-refractivity contribution in [2.45, 2.75) is 65.3 Å². The molecule has 0 radical (unpaired) electrons. The maximum absolute atomic E-state index is 5.32. The van der Waals surface area contributed by atoms with E-state index >= 15 is 0 Å². The van der Waals surface area contributed by atoms with Crippen molar-refractivity contribution >= 4 is 16.6 Å². The average molecular weight is 401 g/mol. The zero-order chi connectivity index (χ0) is 21.8. The highest BCUT2D eigenvalue weighted by molar-refractivity contribution is 5.83. The third-order valence-electron chi connectivity index (χ3n) is 5.42. The van der Waals surface area contributed by atoms with E-state index in [0.29, 0.717) is 12.0 Å². The number of allylic oxidation sites excluding steroid dienone is 2. The van der Waals surface area contributed by atoms with Crippen LogP contribution < -0.4 is 5.32 Å². The number of aromatic nitrogens is 1. The number of para-hydroxylation sites is 1. The Kier molecular flexibility index (Phi) is 9.81. The van der Waals surface area contributed by atoms with Gasteiger partial charge in [0, 0.05) is 34.7 Å². The van der Waals surface area contributed by atoms with Crippen molar-refractivity contribution in [1.82, 2.24) is 4.98 Å². The Morgan fingerprint density at radius 2 is 1.93 bits per heavy atom. The number of hydrogen-bond donors (Lipinski definition) is 2. The summed E-state index contributed by atoms with van der Waals surface area (Å²) in [6.07, 6.45) is 15.7. The topological polar surface area (TPSA) is 27.8 Å². The Hall–Kier alpha value is -2.92. The predicted octanol–water partition coefficient (Wildman–Crippen LogP) is 7.84. The molecule has 1 heterocycles. The van der Waals surface area contributed by atoms with Crippen LogP contribution in [0.2, 0.25) is 0 Å². The second-order valence-electron chi connectivity index (χ2n) is 7.42. The Morgan fingerprint density at radius 1 is 1.13 bits per heavy atom. The number of hydrogen-bond acceptors (Lipinski definition) is 1. The smallest absolute Gasteiger partial charge is 0.0456 e. The van der Waals surface area contributed by atoms with Crippen LogP contribution in [-0.4, -0.2) is 11.0 Å². The van der Waals surface area contributed by atoms with Gasteiger partial charge in [-0.15, -0.1) is 6.42 Å². The van der Waals surface area contributed by atoms with E-state index < -0.39 is 0 Å². The third kappa shape index (κ3) is 6.29. The molecule has 158 valence electrons. The average Bonchev–Trinajstić information content (AvgIpc) is 3.19. The molecule has 0 saturated carbocycles. The van der Waals surface area contributed by atoms with Crippen molar-refractivity contribution in [3.8, 4) is 12.3 Å². The van der Waals surface area contributed by atoms with Crippen molar-refractivity contribution in [3.05, 3.63) is 78.0 Å². The zero-order valence-corrected chi connectivity index (χ0v) is 18.9. The lowest BCUT2D eigenvalue weighted by atomic mass is 9.86. The molecule has 2 aromatic carbocycles. The summed E-state index contributed by atoms with van der Waals surface area (Å²) in [5.74, 6) is 3.02. The van der Waals surface area contributed by atoms with E-state index in [4.69, 9.17) is 6.42 Å². The van der Waals surface area contributed by atoms with E-state index in [0.717, 1.165) is 25.7 Å². The summed E-state index contributed by atoms with van der Waals surface area (Å²) in [5.41, 5.74) is 5.09. The summed E-state index contributed by atoms with van der Waals surface area (Å²) in [5, 5.41) is 5.17. The van der Waals surface area contributed by atoms with Gasteiger partial charge in [-0.05, 0) is 68.0 Å². The van der Waals surface area contributed by atoms with E-state index in [9.17, 15) is 0 Å². The Morgan fingerprint density at radius 3 is 2.67 bits per heavy atom. The minimum atomic E-state index is 0.366. The maximum atomic E-state index is 5.32. The highest BCUT2D eigenvalue weighted by atomic mass is 14.9. The fraction of sp³-hybridized carbons (Fsp3) is 0.357. The van der Waals surface area contributed by atoms with E-state index in [2.05, 4.69) is 90.9 Å². The largest absolute Gasteiger partial charge is 0.382 e. The molecule has 0 aliphatic carbocycles. The Balaban J connectivity index is 0.00000155. The van der Waals surface area contributed by atoms with Crippen molar-refractivity contribution in [3.63, 3.8) is 0 Å². The van der Waals surface area contributed by atoms with Crippen LogP contribution in [-0.2, 0) is 0 Å². The molecule has 2 unspecified atom stereocenters. The van der Waals surface area contributed by atoms with E-state index in [-0.39, 0.29) is 0 Å². The van der Waals surface area contributed by atoms with E-state index in [1.807, 2.05) is 13.8 Å².